The SMILES string of the molecule is CC(C)(C)[Si](OC1CC2CN(c3ccc(OC(F)(F)F)cc3)C(=O)N2C1)(c1ccccc1)c1ccccc1. The molecular weight excluding hydrogens is 509 g/mol. The van der Waals surface area contributed by atoms with Crippen LogP contribution in [0.25, 0.3) is 0 Å². The Labute approximate surface area is 221 Å². The highest BCUT2D eigenvalue weighted by molar-refractivity contribution is 6.99. The number of benzene rings is 3. The predicted molar refractivity (Wildman–Crippen MR) is 143 cm³/mol. The largest absolute Gasteiger partial charge is 0.573 e. The van der Waals surface area contributed by atoms with Crippen molar-refractivity contribution in [2.24, 2.45) is 0 Å². The number of nitrogens with zero attached hydrogens (tertiary/aromatic N) is 2. The number of carbonyl (C=O) groups is 1. The molecule has 0 radical (unpaired) electrons. The van der Waals surface area contributed by atoms with Gasteiger partial charge < -0.3 is 14.1 Å². The summed E-state index contributed by atoms with van der Waals surface area (Å²) in [5.41, 5.74) is 0.545. The number of amides is 2. The van der Waals surface area contributed by atoms with E-state index in [1.54, 1.807) is 4.90 Å². The smallest absolute Gasteiger partial charge is 0.406 e. The standard InChI is InChI=1S/C29H31F3N2O3Si/c1-28(2,3)38(25-10-6-4-7-11-25,26-12-8-5-9-13-26)37-24-18-22-19-33(27(35)34(22)20-24)21-14-16-23(17-15-21)36-29(30,31)32/h4-17,22,24H,18-20H2,1-3H3. The molecule has 2 aliphatic heterocycles. The second-order valence-corrected chi connectivity index (χ2v) is 15.1. The van der Waals surface area contributed by atoms with Gasteiger partial charge in [-0.1, -0.05) is 81.4 Å². The zero-order chi connectivity index (χ0) is 27.1. The fourth-order valence-electron chi connectivity index (χ4n) is 5.80. The molecule has 2 atom stereocenters. The Kier molecular flexibility index (Phi) is 6.77. The molecule has 2 unspecified atom stereocenters. The molecule has 2 heterocycles. The molecule has 0 saturated carbocycles. The molecule has 5 nitrogen and oxygen atoms in total. The highest BCUT2D eigenvalue weighted by Gasteiger charge is 2.54. The number of ether oxygens (including phenoxy) is 1. The quantitative estimate of drug-likeness (QED) is 0.386. The van der Waals surface area contributed by atoms with Crippen molar-refractivity contribution in [1.29, 1.82) is 0 Å². The summed E-state index contributed by atoms with van der Waals surface area (Å²) in [6.45, 7) is 7.62. The van der Waals surface area contributed by atoms with Crippen LogP contribution in [0.1, 0.15) is 27.2 Å². The first-order valence-corrected chi connectivity index (χ1v) is 14.6. The number of alkyl halides is 3. The third-order valence-corrected chi connectivity index (χ3v) is 12.5. The minimum atomic E-state index is -4.76. The van der Waals surface area contributed by atoms with E-state index in [1.165, 1.54) is 34.6 Å². The lowest BCUT2D eigenvalue weighted by Crippen LogP contribution is -2.68. The summed E-state index contributed by atoms with van der Waals surface area (Å²) in [5.74, 6) is -0.313. The van der Waals surface area contributed by atoms with Crippen molar-refractivity contribution < 1.29 is 27.1 Å². The average molecular weight is 541 g/mol. The van der Waals surface area contributed by atoms with E-state index in [-0.39, 0.29) is 29.0 Å². The van der Waals surface area contributed by atoms with E-state index >= 15 is 0 Å². The van der Waals surface area contributed by atoms with Gasteiger partial charge in [0.15, 0.2) is 0 Å². The summed E-state index contributed by atoms with van der Waals surface area (Å²) in [6.07, 6.45) is -4.18. The maximum atomic E-state index is 13.3. The number of carbonyl (C=O) groups excluding carboxylic acids is 1. The molecule has 0 aromatic heterocycles. The van der Waals surface area contributed by atoms with Crippen LogP contribution in [-0.4, -0.2) is 50.8 Å². The summed E-state index contributed by atoms with van der Waals surface area (Å²) in [7, 11) is -2.75. The first-order chi connectivity index (χ1) is 18.0. The van der Waals surface area contributed by atoms with Gasteiger partial charge in [-0.2, -0.15) is 0 Å². The Bertz CT molecular complexity index is 1220. The summed E-state index contributed by atoms with van der Waals surface area (Å²) >= 11 is 0. The van der Waals surface area contributed by atoms with Gasteiger partial charge in [0.25, 0.3) is 8.32 Å². The van der Waals surface area contributed by atoms with Crippen molar-refractivity contribution in [2.45, 2.75) is 50.7 Å². The van der Waals surface area contributed by atoms with Crippen LogP contribution in [0.5, 0.6) is 5.75 Å². The number of halogens is 3. The van der Waals surface area contributed by atoms with Gasteiger partial charge in [0.2, 0.25) is 0 Å². The molecule has 0 aliphatic carbocycles. The molecule has 0 bridgehead atoms. The second kappa shape index (κ2) is 9.78. The van der Waals surface area contributed by atoms with Gasteiger partial charge in [-0.05, 0) is 46.1 Å². The molecular formula is C29H31F3N2O3Si. The van der Waals surface area contributed by atoms with Crippen LogP contribution in [0.15, 0.2) is 84.9 Å². The van der Waals surface area contributed by atoms with Gasteiger partial charge >= 0.3 is 12.4 Å². The first-order valence-electron chi connectivity index (χ1n) is 12.7. The molecule has 0 N–H and O–H groups in total. The van der Waals surface area contributed by atoms with E-state index in [0.29, 0.717) is 25.2 Å². The van der Waals surface area contributed by atoms with Crippen LogP contribution in [0.3, 0.4) is 0 Å². The van der Waals surface area contributed by atoms with Crippen LogP contribution in [0.2, 0.25) is 5.04 Å². The number of hydrogen-bond donors (Lipinski definition) is 0. The van der Waals surface area contributed by atoms with Gasteiger partial charge in [0.1, 0.15) is 5.75 Å². The number of fused-ring (bicyclic) bond motifs is 1. The molecule has 3 aromatic carbocycles. The molecule has 5 rings (SSSR count). The van der Waals surface area contributed by atoms with Gasteiger partial charge in [-0.3, -0.25) is 4.90 Å². The molecule has 200 valence electrons. The highest BCUT2D eigenvalue weighted by atomic mass is 28.4. The Hall–Kier alpha value is -3.30. The van der Waals surface area contributed by atoms with E-state index in [4.69, 9.17) is 4.43 Å². The fourth-order valence-corrected chi connectivity index (χ4v) is 10.5. The Morgan fingerprint density at radius 1 is 0.816 bits per heavy atom. The molecule has 2 amide bonds. The molecule has 38 heavy (non-hydrogen) atoms. The van der Waals surface area contributed by atoms with Crippen LogP contribution < -0.4 is 20.0 Å². The number of rotatable bonds is 6. The van der Waals surface area contributed by atoms with Crippen LogP contribution in [0.4, 0.5) is 23.7 Å². The second-order valence-electron chi connectivity index (χ2n) is 10.9. The maximum Gasteiger partial charge on any atom is 0.573 e. The van der Waals surface area contributed by atoms with Crippen molar-refractivity contribution in [3.63, 3.8) is 0 Å². The summed E-state index contributed by atoms with van der Waals surface area (Å²) in [6, 6.07) is 26.1. The Balaban J connectivity index is 1.37. The van der Waals surface area contributed by atoms with Gasteiger partial charge in [0, 0.05) is 18.8 Å². The molecule has 0 spiro atoms. The molecule has 2 saturated heterocycles. The summed E-state index contributed by atoms with van der Waals surface area (Å²) < 4.78 is 48.7. The van der Waals surface area contributed by atoms with Gasteiger partial charge in [0.05, 0.1) is 12.1 Å². The Morgan fingerprint density at radius 2 is 1.37 bits per heavy atom. The predicted octanol–water partition coefficient (Wildman–Crippen LogP) is 5.54. The third kappa shape index (κ3) is 4.92. The average Bonchev–Trinajstić information content (AvgIpc) is 3.40. The van der Waals surface area contributed by atoms with Crippen molar-refractivity contribution in [1.82, 2.24) is 4.90 Å². The minimum Gasteiger partial charge on any atom is -0.406 e. The maximum absolute atomic E-state index is 13.3. The summed E-state index contributed by atoms with van der Waals surface area (Å²) in [5, 5.41) is 2.22. The monoisotopic (exact) mass is 540 g/mol. The van der Waals surface area contributed by atoms with Crippen LogP contribution >= 0.6 is 0 Å². The lowest BCUT2D eigenvalue weighted by Gasteiger charge is -2.44. The van der Waals surface area contributed by atoms with E-state index < -0.39 is 14.7 Å². The topological polar surface area (TPSA) is 42.0 Å². The molecule has 9 heteroatoms. The molecule has 3 aromatic rings. The van der Waals surface area contributed by atoms with E-state index in [0.717, 1.165) is 0 Å². The lowest BCUT2D eigenvalue weighted by atomic mass is 10.2. The zero-order valence-electron chi connectivity index (χ0n) is 21.6. The molecule has 2 aliphatic rings. The minimum absolute atomic E-state index is 0.0307. The van der Waals surface area contributed by atoms with E-state index in [2.05, 4.69) is 74.0 Å². The van der Waals surface area contributed by atoms with Crippen molar-refractivity contribution >= 4 is 30.4 Å². The normalized spacial score (nSPS) is 20.1. The van der Waals surface area contributed by atoms with Gasteiger partial charge in [-0.15, -0.1) is 13.2 Å². The van der Waals surface area contributed by atoms with Crippen LogP contribution in [-0.2, 0) is 4.43 Å². The molecule has 2 fully saturated rings. The van der Waals surface area contributed by atoms with Crippen molar-refractivity contribution in [3.8, 4) is 5.75 Å². The third-order valence-electron chi connectivity index (χ3n) is 7.39. The van der Waals surface area contributed by atoms with E-state index in [9.17, 15) is 18.0 Å². The number of anilines is 1. The van der Waals surface area contributed by atoms with Crippen molar-refractivity contribution in [3.05, 3.63) is 84.9 Å². The Morgan fingerprint density at radius 3 is 1.84 bits per heavy atom. The first kappa shape index (κ1) is 26.3. The van der Waals surface area contributed by atoms with Crippen molar-refractivity contribution in [2.75, 3.05) is 18.0 Å². The van der Waals surface area contributed by atoms with Gasteiger partial charge in [-0.25, -0.2) is 4.79 Å². The highest BCUT2D eigenvalue weighted by Crippen LogP contribution is 2.40. The fraction of sp³-hybridized carbons (Fsp3) is 0.345. The number of hydrogen-bond acceptors (Lipinski definition) is 3. The number of urea groups is 1. The lowest BCUT2D eigenvalue weighted by molar-refractivity contribution is -0.274. The zero-order valence-corrected chi connectivity index (χ0v) is 22.6. The van der Waals surface area contributed by atoms with Crippen LogP contribution in [0, 0.1) is 0 Å². The van der Waals surface area contributed by atoms with E-state index in [1.807, 2.05) is 17.0 Å². The summed E-state index contributed by atoms with van der Waals surface area (Å²) in [4.78, 5) is 16.8.